The second-order valence-electron chi connectivity index (χ2n) is 5.54. The van der Waals surface area contributed by atoms with E-state index in [0.29, 0.717) is 17.0 Å². The van der Waals surface area contributed by atoms with Crippen molar-refractivity contribution < 1.29 is 14.3 Å². The summed E-state index contributed by atoms with van der Waals surface area (Å²) in [6.45, 7) is 3.47. The van der Waals surface area contributed by atoms with Crippen LogP contribution < -0.4 is 15.6 Å². The first-order valence-electron chi connectivity index (χ1n) is 7.25. The number of ether oxygens (including phenoxy) is 1. The number of carbonyl (C=O) groups excluding carboxylic acids is 2. The number of nitrogens with zero attached hydrogens (tertiary/aromatic N) is 1. The van der Waals surface area contributed by atoms with Gasteiger partial charge in [0.25, 0.3) is 11.5 Å². The fourth-order valence-corrected chi connectivity index (χ4v) is 2.51. The Balaban J connectivity index is 1.92. The maximum Gasteiger partial charge on any atom is 0.262 e. The Kier molecular flexibility index (Phi) is 3.73. The molecule has 23 heavy (non-hydrogen) atoms. The number of hydrogen-bond acceptors (Lipinski definition) is 4. The van der Waals surface area contributed by atoms with Gasteiger partial charge in [0.1, 0.15) is 5.75 Å². The molecule has 1 aliphatic heterocycles. The summed E-state index contributed by atoms with van der Waals surface area (Å²) < 4.78 is 6.66. The third-order valence-electron chi connectivity index (χ3n) is 3.80. The van der Waals surface area contributed by atoms with E-state index in [-0.39, 0.29) is 23.9 Å². The quantitative estimate of drug-likeness (QED) is 0.879. The Morgan fingerprint density at radius 3 is 2.78 bits per heavy atom. The molecule has 1 unspecified atom stereocenters. The Morgan fingerprint density at radius 1 is 1.26 bits per heavy atom. The summed E-state index contributed by atoms with van der Waals surface area (Å²) in [5.74, 6) is 0.0600. The molecule has 0 aliphatic carbocycles. The molecule has 0 saturated carbocycles. The molecule has 6 nitrogen and oxygen atoms in total. The van der Waals surface area contributed by atoms with Crippen LogP contribution in [0.4, 0.5) is 5.69 Å². The number of anilines is 1. The van der Waals surface area contributed by atoms with Crippen molar-refractivity contribution in [2.24, 2.45) is 0 Å². The molecule has 0 saturated heterocycles. The van der Waals surface area contributed by atoms with Crippen molar-refractivity contribution in [3.8, 4) is 5.75 Å². The van der Waals surface area contributed by atoms with Gasteiger partial charge in [0, 0.05) is 17.8 Å². The molecule has 1 N–H and O–H groups in total. The fraction of sp³-hybridized carbons (Fsp3) is 0.235. The lowest BCUT2D eigenvalue weighted by Crippen LogP contribution is -2.28. The van der Waals surface area contributed by atoms with Crippen LogP contribution in [0.3, 0.4) is 0 Å². The van der Waals surface area contributed by atoms with Crippen molar-refractivity contribution in [3.05, 3.63) is 58.0 Å². The number of hydrogen-bond donors (Lipinski definition) is 1. The molecule has 118 valence electrons. The van der Waals surface area contributed by atoms with Crippen LogP contribution in [0, 0.1) is 6.92 Å². The zero-order valence-electron chi connectivity index (χ0n) is 12.8. The molecule has 2 heterocycles. The summed E-state index contributed by atoms with van der Waals surface area (Å²) in [4.78, 5) is 36.0. The van der Waals surface area contributed by atoms with E-state index >= 15 is 0 Å². The van der Waals surface area contributed by atoms with Crippen molar-refractivity contribution in [2.45, 2.75) is 19.9 Å². The highest BCUT2D eigenvalue weighted by Gasteiger charge is 2.21. The monoisotopic (exact) mass is 312 g/mol. The summed E-state index contributed by atoms with van der Waals surface area (Å²) in [5, 5.41) is 2.67. The number of fused-ring (bicyclic) bond motifs is 1. The number of Topliss-reactive ketones (excluding diaryl/α,β-unsaturated/α-hetero) is 1. The van der Waals surface area contributed by atoms with Crippen LogP contribution in [0.15, 0.2) is 41.3 Å². The van der Waals surface area contributed by atoms with Gasteiger partial charge in [0.05, 0.1) is 11.7 Å². The van der Waals surface area contributed by atoms with E-state index in [1.165, 1.54) is 10.6 Å². The zero-order valence-corrected chi connectivity index (χ0v) is 12.8. The predicted octanol–water partition coefficient (Wildman–Crippen LogP) is 1.93. The molecule has 3 rings (SSSR count). The molecule has 0 fully saturated rings. The van der Waals surface area contributed by atoms with E-state index in [1.807, 2.05) is 6.92 Å². The number of aromatic nitrogens is 1. The Bertz CT molecular complexity index is 854. The number of carbonyl (C=O) groups is 2. The SMILES string of the molecule is Cc1ccn(C(C)C(=O)c2ccc3c(c2)NC(=O)CO3)c(=O)c1. The largest absolute Gasteiger partial charge is 0.482 e. The van der Waals surface area contributed by atoms with Crippen molar-refractivity contribution in [1.29, 1.82) is 0 Å². The van der Waals surface area contributed by atoms with E-state index in [0.717, 1.165) is 5.56 Å². The van der Waals surface area contributed by atoms with Crippen molar-refractivity contribution in [2.75, 3.05) is 11.9 Å². The van der Waals surface area contributed by atoms with Gasteiger partial charge in [-0.1, -0.05) is 0 Å². The maximum absolute atomic E-state index is 12.6. The first-order chi connectivity index (χ1) is 11.0. The summed E-state index contributed by atoms with van der Waals surface area (Å²) in [7, 11) is 0. The van der Waals surface area contributed by atoms with Gasteiger partial charge in [-0.15, -0.1) is 0 Å². The van der Waals surface area contributed by atoms with Crippen molar-refractivity contribution >= 4 is 17.4 Å². The van der Waals surface area contributed by atoms with Gasteiger partial charge in [0.2, 0.25) is 0 Å². The van der Waals surface area contributed by atoms with Gasteiger partial charge in [-0.3, -0.25) is 14.4 Å². The summed E-state index contributed by atoms with van der Waals surface area (Å²) >= 11 is 0. The molecule has 1 aromatic carbocycles. The first-order valence-corrected chi connectivity index (χ1v) is 7.25. The molecular formula is C17H16N2O4. The van der Waals surface area contributed by atoms with E-state index < -0.39 is 6.04 Å². The highest BCUT2D eigenvalue weighted by atomic mass is 16.5. The Hall–Kier alpha value is -2.89. The molecule has 1 aromatic heterocycles. The van der Waals surface area contributed by atoms with Gasteiger partial charge < -0.3 is 14.6 Å². The average Bonchev–Trinajstić information content (AvgIpc) is 2.53. The molecule has 1 atom stereocenters. The molecule has 1 aliphatic rings. The van der Waals surface area contributed by atoms with Crippen LogP contribution in [0.5, 0.6) is 5.75 Å². The Morgan fingerprint density at radius 2 is 2.04 bits per heavy atom. The van der Waals surface area contributed by atoms with E-state index in [4.69, 9.17) is 4.74 Å². The van der Waals surface area contributed by atoms with Crippen molar-refractivity contribution in [3.63, 3.8) is 0 Å². The first kappa shape index (κ1) is 15.0. The van der Waals surface area contributed by atoms with E-state index in [1.54, 1.807) is 37.4 Å². The second kappa shape index (κ2) is 5.72. The van der Waals surface area contributed by atoms with Gasteiger partial charge in [0.15, 0.2) is 12.4 Å². The van der Waals surface area contributed by atoms with Gasteiger partial charge >= 0.3 is 0 Å². The van der Waals surface area contributed by atoms with Crippen LogP contribution in [0.1, 0.15) is 28.9 Å². The van der Waals surface area contributed by atoms with E-state index in [9.17, 15) is 14.4 Å². The Labute approximate surface area is 132 Å². The minimum absolute atomic E-state index is 0.0323. The van der Waals surface area contributed by atoms with Gasteiger partial charge in [-0.2, -0.15) is 0 Å². The number of nitrogens with one attached hydrogen (secondary N) is 1. The number of rotatable bonds is 3. The minimum atomic E-state index is -0.638. The van der Waals surface area contributed by atoms with Crippen LogP contribution >= 0.6 is 0 Å². The number of pyridine rings is 1. The minimum Gasteiger partial charge on any atom is -0.482 e. The molecule has 0 bridgehead atoms. The topological polar surface area (TPSA) is 77.4 Å². The smallest absolute Gasteiger partial charge is 0.262 e. The molecule has 0 radical (unpaired) electrons. The maximum atomic E-state index is 12.6. The number of amides is 1. The lowest BCUT2D eigenvalue weighted by Gasteiger charge is -2.19. The summed E-state index contributed by atoms with van der Waals surface area (Å²) in [5.41, 5.74) is 1.50. The molecule has 0 spiro atoms. The predicted molar refractivity (Wildman–Crippen MR) is 85.0 cm³/mol. The third kappa shape index (κ3) is 2.88. The van der Waals surface area contributed by atoms with Crippen LogP contribution in [0.2, 0.25) is 0 Å². The van der Waals surface area contributed by atoms with Crippen molar-refractivity contribution in [1.82, 2.24) is 4.57 Å². The van der Waals surface area contributed by atoms with Crippen LogP contribution in [-0.2, 0) is 4.79 Å². The van der Waals surface area contributed by atoms with Crippen LogP contribution in [0.25, 0.3) is 0 Å². The van der Waals surface area contributed by atoms with Crippen LogP contribution in [-0.4, -0.2) is 22.9 Å². The normalized spacial score (nSPS) is 14.4. The molecule has 1 amide bonds. The number of ketones is 1. The van der Waals surface area contributed by atoms with Gasteiger partial charge in [-0.05, 0) is 43.7 Å². The average molecular weight is 312 g/mol. The third-order valence-corrected chi connectivity index (χ3v) is 3.80. The number of benzene rings is 1. The standard InChI is InChI=1S/C17H16N2O4/c1-10-5-6-19(16(21)7-10)11(2)17(22)12-3-4-14-13(8-12)18-15(20)9-23-14/h3-8,11H,9H2,1-2H3,(H,18,20). The van der Waals surface area contributed by atoms with E-state index in [2.05, 4.69) is 5.32 Å². The highest BCUT2D eigenvalue weighted by molar-refractivity contribution is 6.02. The lowest BCUT2D eigenvalue weighted by molar-refractivity contribution is -0.118. The van der Waals surface area contributed by atoms with Gasteiger partial charge in [-0.25, -0.2) is 0 Å². The highest BCUT2D eigenvalue weighted by Crippen LogP contribution is 2.29. The summed E-state index contributed by atoms with van der Waals surface area (Å²) in [6.07, 6.45) is 1.61. The molecule has 2 aromatic rings. The molecular weight excluding hydrogens is 296 g/mol. The summed E-state index contributed by atoms with van der Waals surface area (Å²) in [6, 6.07) is 7.49. The number of aryl methyl sites for hydroxylation is 1. The molecule has 6 heteroatoms. The zero-order chi connectivity index (χ0) is 16.6. The second-order valence-corrected chi connectivity index (χ2v) is 5.54. The fourth-order valence-electron chi connectivity index (χ4n) is 2.51. The lowest BCUT2D eigenvalue weighted by atomic mass is 10.0.